The van der Waals surface area contributed by atoms with E-state index in [9.17, 15) is 18.3 Å². The normalized spacial score (nSPS) is 13.3. The van der Waals surface area contributed by atoms with Crippen LogP contribution < -0.4 is 0 Å². The van der Waals surface area contributed by atoms with Crippen molar-refractivity contribution in [3.63, 3.8) is 0 Å². The summed E-state index contributed by atoms with van der Waals surface area (Å²) in [7, 11) is 0. The molecule has 5 heteroatoms. The number of aromatic amines is 1. The Morgan fingerprint density at radius 2 is 1.76 bits per heavy atom. The molecule has 2 aromatic rings. The summed E-state index contributed by atoms with van der Waals surface area (Å²) in [5.74, 6) is 0. The molecule has 0 amide bonds. The molecule has 0 unspecified atom stereocenters. The first-order chi connectivity index (χ1) is 7.68. The van der Waals surface area contributed by atoms with Crippen LogP contribution in [0.1, 0.15) is 25.1 Å². The van der Waals surface area contributed by atoms with E-state index in [4.69, 9.17) is 0 Å². The van der Waals surface area contributed by atoms with Crippen LogP contribution in [-0.2, 0) is 11.8 Å². The van der Waals surface area contributed by atoms with Crippen molar-refractivity contribution < 1.29 is 18.3 Å². The number of alkyl halides is 3. The Morgan fingerprint density at radius 3 is 2.29 bits per heavy atom. The van der Waals surface area contributed by atoms with E-state index in [2.05, 4.69) is 4.98 Å². The summed E-state index contributed by atoms with van der Waals surface area (Å²) >= 11 is 0. The Hall–Kier alpha value is -1.49. The van der Waals surface area contributed by atoms with Gasteiger partial charge in [0.15, 0.2) is 0 Å². The molecule has 1 heterocycles. The molecule has 92 valence electrons. The summed E-state index contributed by atoms with van der Waals surface area (Å²) in [5, 5.41) is 10.2. The van der Waals surface area contributed by atoms with E-state index in [1.807, 2.05) is 0 Å². The van der Waals surface area contributed by atoms with Gasteiger partial charge >= 0.3 is 6.18 Å². The van der Waals surface area contributed by atoms with Crippen LogP contribution in [0.3, 0.4) is 0 Å². The number of aromatic nitrogens is 1. The summed E-state index contributed by atoms with van der Waals surface area (Å²) in [5.41, 5.74) is -0.717. The molecule has 0 aliphatic rings. The maximum Gasteiger partial charge on any atom is 0.416 e. The maximum atomic E-state index is 12.5. The number of halogens is 3. The van der Waals surface area contributed by atoms with Crippen molar-refractivity contribution in [1.29, 1.82) is 0 Å². The second-order valence-corrected chi connectivity index (χ2v) is 4.54. The largest absolute Gasteiger partial charge is 0.416 e. The zero-order chi connectivity index (χ0) is 12.8. The number of H-pyrrole nitrogens is 1. The second kappa shape index (κ2) is 3.50. The molecule has 0 atom stereocenters. The molecule has 1 aromatic carbocycles. The molecular weight excluding hydrogens is 231 g/mol. The summed E-state index contributed by atoms with van der Waals surface area (Å²) in [6, 6.07) is 4.99. The van der Waals surface area contributed by atoms with Gasteiger partial charge in [-0.1, -0.05) is 0 Å². The molecule has 0 fully saturated rings. The monoisotopic (exact) mass is 243 g/mol. The summed E-state index contributed by atoms with van der Waals surface area (Å²) in [4.78, 5) is 2.90. The van der Waals surface area contributed by atoms with E-state index in [1.165, 1.54) is 12.1 Å². The lowest BCUT2D eigenvalue weighted by molar-refractivity contribution is -0.137. The van der Waals surface area contributed by atoms with Gasteiger partial charge < -0.3 is 10.1 Å². The Labute approximate surface area is 96.1 Å². The van der Waals surface area contributed by atoms with Crippen LogP contribution >= 0.6 is 0 Å². The van der Waals surface area contributed by atoms with E-state index in [0.717, 1.165) is 12.1 Å². The van der Waals surface area contributed by atoms with Crippen LogP contribution in [0.4, 0.5) is 13.2 Å². The van der Waals surface area contributed by atoms with E-state index in [-0.39, 0.29) is 0 Å². The number of benzene rings is 1. The first kappa shape index (κ1) is 12.0. The maximum absolute atomic E-state index is 12.5. The third kappa shape index (κ3) is 2.29. The van der Waals surface area contributed by atoms with Crippen molar-refractivity contribution in [2.45, 2.75) is 25.6 Å². The van der Waals surface area contributed by atoms with E-state index in [0.29, 0.717) is 16.6 Å². The highest BCUT2D eigenvalue weighted by molar-refractivity contribution is 5.81. The summed E-state index contributed by atoms with van der Waals surface area (Å²) in [6.45, 7) is 3.14. The summed E-state index contributed by atoms with van der Waals surface area (Å²) < 4.78 is 37.5. The molecule has 0 aliphatic heterocycles. The lowest BCUT2D eigenvalue weighted by atomic mass is 10.1. The highest BCUT2D eigenvalue weighted by Crippen LogP contribution is 2.32. The van der Waals surface area contributed by atoms with Gasteiger partial charge in [0.05, 0.1) is 11.2 Å². The SMILES string of the molecule is CC(C)(O)c1cc2cc(C(F)(F)F)ccc2[nH]1. The molecule has 0 aliphatic carbocycles. The number of hydrogen-bond acceptors (Lipinski definition) is 1. The number of fused-ring (bicyclic) bond motifs is 1. The van der Waals surface area contributed by atoms with Gasteiger partial charge in [-0.2, -0.15) is 13.2 Å². The fraction of sp³-hybridized carbons (Fsp3) is 0.333. The second-order valence-electron chi connectivity index (χ2n) is 4.54. The Bertz CT molecular complexity index is 537. The van der Waals surface area contributed by atoms with Gasteiger partial charge in [-0.05, 0) is 38.1 Å². The van der Waals surface area contributed by atoms with Crippen molar-refractivity contribution in [3.05, 3.63) is 35.5 Å². The molecule has 2 rings (SSSR count). The molecule has 0 radical (unpaired) electrons. The van der Waals surface area contributed by atoms with Gasteiger partial charge in [0, 0.05) is 16.6 Å². The average molecular weight is 243 g/mol. The predicted octanol–water partition coefficient (Wildman–Crippen LogP) is 3.41. The van der Waals surface area contributed by atoms with Gasteiger partial charge in [0.1, 0.15) is 0 Å². The molecule has 1 aromatic heterocycles. The molecule has 2 nitrogen and oxygen atoms in total. The lowest BCUT2D eigenvalue weighted by Gasteiger charge is -2.14. The van der Waals surface area contributed by atoms with Gasteiger partial charge in [0.2, 0.25) is 0 Å². The molecule has 17 heavy (non-hydrogen) atoms. The van der Waals surface area contributed by atoms with Crippen LogP contribution in [0.15, 0.2) is 24.3 Å². The molecule has 0 spiro atoms. The quantitative estimate of drug-likeness (QED) is 0.791. The van der Waals surface area contributed by atoms with Crippen molar-refractivity contribution in [2.75, 3.05) is 0 Å². The van der Waals surface area contributed by atoms with Gasteiger partial charge in [-0.25, -0.2) is 0 Å². The summed E-state index contributed by atoms with van der Waals surface area (Å²) in [6.07, 6.45) is -4.35. The van der Waals surface area contributed by atoms with Crippen LogP contribution in [-0.4, -0.2) is 10.1 Å². The number of rotatable bonds is 1. The van der Waals surface area contributed by atoms with Crippen molar-refractivity contribution in [3.8, 4) is 0 Å². The standard InChI is InChI=1S/C12H12F3NO/c1-11(2,17)10-6-7-5-8(12(13,14)15)3-4-9(7)16-10/h3-6,16-17H,1-2H3. The van der Waals surface area contributed by atoms with E-state index < -0.39 is 17.3 Å². The smallest absolute Gasteiger partial charge is 0.384 e. The highest BCUT2D eigenvalue weighted by Gasteiger charge is 2.30. The minimum atomic E-state index is -4.35. The first-order valence-electron chi connectivity index (χ1n) is 5.11. The van der Waals surface area contributed by atoms with E-state index in [1.54, 1.807) is 13.8 Å². The van der Waals surface area contributed by atoms with Crippen molar-refractivity contribution >= 4 is 10.9 Å². The minimum Gasteiger partial charge on any atom is -0.384 e. The minimum absolute atomic E-state index is 0.442. The number of nitrogens with one attached hydrogen (secondary N) is 1. The van der Waals surface area contributed by atoms with Crippen molar-refractivity contribution in [1.82, 2.24) is 4.98 Å². The topological polar surface area (TPSA) is 36.0 Å². The van der Waals surface area contributed by atoms with Crippen LogP contribution in [0.5, 0.6) is 0 Å². The molecule has 0 saturated carbocycles. The fourth-order valence-electron chi connectivity index (χ4n) is 1.64. The lowest BCUT2D eigenvalue weighted by Crippen LogP contribution is -2.15. The molecule has 0 bridgehead atoms. The van der Waals surface area contributed by atoms with Gasteiger partial charge in [0.25, 0.3) is 0 Å². The molecule has 0 saturated heterocycles. The number of hydrogen-bond donors (Lipinski definition) is 2. The Balaban J connectivity index is 2.56. The highest BCUT2D eigenvalue weighted by atomic mass is 19.4. The first-order valence-corrected chi connectivity index (χ1v) is 5.11. The zero-order valence-electron chi connectivity index (χ0n) is 9.39. The zero-order valence-corrected chi connectivity index (χ0v) is 9.39. The van der Waals surface area contributed by atoms with Gasteiger partial charge in [-0.3, -0.25) is 0 Å². The van der Waals surface area contributed by atoms with Crippen LogP contribution in [0.25, 0.3) is 10.9 Å². The van der Waals surface area contributed by atoms with Gasteiger partial charge in [-0.15, -0.1) is 0 Å². The molecule has 2 N–H and O–H groups in total. The van der Waals surface area contributed by atoms with E-state index >= 15 is 0 Å². The Kier molecular flexibility index (Phi) is 2.47. The third-order valence-corrected chi connectivity index (χ3v) is 2.61. The van der Waals surface area contributed by atoms with Crippen LogP contribution in [0.2, 0.25) is 0 Å². The van der Waals surface area contributed by atoms with Crippen LogP contribution in [0, 0.1) is 0 Å². The Morgan fingerprint density at radius 1 is 1.12 bits per heavy atom. The molecular formula is C12H12F3NO. The predicted molar refractivity (Wildman–Crippen MR) is 58.5 cm³/mol. The average Bonchev–Trinajstić information content (AvgIpc) is 2.57. The third-order valence-electron chi connectivity index (χ3n) is 2.61. The fourth-order valence-corrected chi connectivity index (χ4v) is 1.64. The van der Waals surface area contributed by atoms with Crippen molar-refractivity contribution in [2.24, 2.45) is 0 Å². The number of aliphatic hydroxyl groups is 1.